The van der Waals surface area contributed by atoms with Crippen molar-refractivity contribution in [3.8, 4) is 5.75 Å². The molecule has 2 heterocycles. The molecule has 1 aromatic rings. The van der Waals surface area contributed by atoms with Crippen LogP contribution in [0.3, 0.4) is 0 Å². The minimum absolute atomic E-state index is 0.00588. The number of hydrogen-bond acceptors (Lipinski definition) is 5. The zero-order chi connectivity index (χ0) is 18.8. The zero-order valence-corrected chi connectivity index (χ0v) is 16.0. The van der Waals surface area contributed by atoms with Crippen molar-refractivity contribution < 1.29 is 19.4 Å². The van der Waals surface area contributed by atoms with Gasteiger partial charge in [-0.1, -0.05) is 19.8 Å². The third-order valence-corrected chi connectivity index (χ3v) is 6.41. The van der Waals surface area contributed by atoms with Crippen LogP contribution in [0, 0.1) is 23.7 Å². The third-order valence-electron chi connectivity index (χ3n) is 6.41. The molecular weight excluding hydrogens is 344 g/mol. The van der Waals surface area contributed by atoms with Crippen LogP contribution in [-0.4, -0.2) is 48.5 Å². The summed E-state index contributed by atoms with van der Waals surface area (Å²) in [7, 11) is 0. The highest BCUT2D eigenvalue weighted by atomic mass is 16.5. The van der Waals surface area contributed by atoms with Crippen LogP contribution < -0.4 is 9.64 Å². The predicted octanol–water partition coefficient (Wildman–Crippen LogP) is 3.21. The highest BCUT2D eigenvalue weighted by Crippen LogP contribution is 2.43. The molecule has 6 heteroatoms. The van der Waals surface area contributed by atoms with Crippen LogP contribution in [0.25, 0.3) is 0 Å². The molecule has 0 amide bonds. The summed E-state index contributed by atoms with van der Waals surface area (Å²) < 4.78 is 11.9. The predicted molar refractivity (Wildman–Crippen MR) is 102 cm³/mol. The van der Waals surface area contributed by atoms with E-state index in [2.05, 4.69) is 22.9 Å². The number of rotatable bonds is 6. The van der Waals surface area contributed by atoms with Crippen molar-refractivity contribution >= 4 is 11.7 Å². The van der Waals surface area contributed by atoms with Crippen LogP contribution in [0.4, 0.5) is 5.69 Å². The molecule has 2 aliphatic carbocycles. The normalized spacial score (nSPS) is 33.5. The molecule has 3 unspecified atom stereocenters. The van der Waals surface area contributed by atoms with E-state index in [1.54, 1.807) is 6.20 Å². The molecule has 1 aliphatic heterocycles. The summed E-state index contributed by atoms with van der Waals surface area (Å²) in [5, 5.41) is 9.16. The van der Waals surface area contributed by atoms with Crippen molar-refractivity contribution in [3.05, 3.63) is 18.5 Å². The fourth-order valence-corrected chi connectivity index (χ4v) is 4.45. The van der Waals surface area contributed by atoms with Crippen LogP contribution in [0.15, 0.2) is 18.5 Å². The quantitative estimate of drug-likeness (QED) is 0.824. The average molecular weight is 374 g/mol. The molecule has 4 rings (SSSR count). The number of aromatic nitrogens is 1. The molecule has 1 saturated heterocycles. The van der Waals surface area contributed by atoms with E-state index in [1.165, 1.54) is 25.7 Å². The zero-order valence-electron chi connectivity index (χ0n) is 16.0. The van der Waals surface area contributed by atoms with E-state index in [9.17, 15) is 4.79 Å². The highest BCUT2D eigenvalue weighted by Gasteiger charge is 2.49. The smallest absolute Gasteiger partial charge is 0.306 e. The average Bonchev–Trinajstić information content (AvgIpc) is 3.49. The number of anilines is 1. The lowest BCUT2D eigenvalue weighted by Gasteiger charge is -2.34. The first-order valence-corrected chi connectivity index (χ1v) is 10.3. The monoisotopic (exact) mass is 374 g/mol. The molecule has 3 aliphatic rings. The summed E-state index contributed by atoms with van der Waals surface area (Å²) in [4.78, 5) is 17.7. The fourth-order valence-electron chi connectivity index (χ4n) is 4.45. The number of pyridine rings is 1. The van der Waals surface area contributed by atoms with Gasteiger partial charge in [0.05, 0.1) is 43.3 Å². The van der Waals surface area contributed by atoms with Gasteiger partial charge in [-0.3, -0.25) is 9.78 Å². The summed E-state index contributed by atoms with van der Waals surface area (Å²) in [5.74, 6) is 1.54. The van der Waals surface area contributed by atoms with Gasteiger partial charge in [0.25, 0.3) is 0 Å². The maximum Gasteiger partial charge on any atom is 0.306 e. The van der Waals surface area contributed by atoms with Crippen LogP contribution in [0.1, 0.15) is 39.0 Å². The van der Waals surface area contributed by atoms with Gasteiger partial charge in [-0.2, -0.15) is 0 Å². The van der Waals surface area contributed by atoms with Crippen LogP contribution >= 0.6 is 0 Å². The van der Waals surface area contributed by atoms with E-state index >= 15 is 0 Å². The lowest BCUT2D eigenvalue weighted by molar-refractivity contribution is -0.139. The molecular formula is C21H30N2O4. The number of nitrogens with zero attached hydrogens (tertiary/aromatic N) is 2. The van der Waals surface area contributed by atoms with Crippen LogP contribution in [-0.2, 0) is 9.53 Å². The molecule has 0 aromatic carbocycles. The van der Waals surface area contributed by atoms with Gasteiger partial charge in [-0.15, -0.1) is 0 Å². The molecule has 0 spiro atoms. The molecule has 148 valence electrons. The lowest BCUT2D eigenvalue weighted by Crippen LogP contribution is -2.44. The van der Waals surface area contributed by atoms with Crippen LogP contribution in [0.5, 0.6) is 5.75 Å². The summed E-state index contributed by atoms with van der Waals surface area (Å²) in [6.07, 6.45) is 9.49. The first-order valence-electron chi connectivity index (χ1n) is 10.3. The van der Waals surface area contributed by atoms with E-state index in [0.29, 0.717) is 12.5 Å². The van der Waals surface area contributed by atoms with Crippen molar-refractivity contribution in [2.24, 2.45) is 23.7 Å². The maximum absolute atomic E-state index is 11.1. The highest BCUT2D eigenvalue weighted by molar-refractivity contribution is 5.73. The number of carboxylic acid groups (broad SMARTS) is 1. The van der Waals surface area contributed by atoms with Crippen molar-refractivity contribution in [3.63, 3.8) is 0 Å². The first-order chi connectivity index (χ1) is 13.1. The Balaban J connectivity index is 1.32. The van der Waals surface area contributed by atoms with Gasteiger partial charge in [0, 0.05) is 25.1 Å². The van der Waals surface area contributed by atoms with Gasteiger partial charge in [0.1, 0.15) is 5.75 Å². The summed E-state index contributed by atoms with van der Waals surface area (Å²) in [5.41, 5.74) is 1.03. The summed E-state index contributed by atoms with van der Waals surface area (Å²) in [6, 6.07) is 2.06. The topological polar surface area (TPSA) is 71.9 Å². The second-order valence-electron chi connectivity index (χ2n) is 8.52. The SMILES string of the molecule is CC1CCC(COc2cncc(N3CCOC(C4CC4C(=O)O)C3)c2)CC1. The van der Waals surface area contributed by atoms with Gasteiger partial charge >= 0.3 is 5.97 Å². The van der Waals surface area contributed by atoms with Gasteiger partial charge in [-0.05, 0) is 31.1 Å². The number of carbonyl (C=O) groups is 1. The molecule has 3 atom stereocenters. The Kier molecular flexibility index (Phi) is 5.53. The number of hydrogen-bond donors (Lipinski definition) is 1. The summed E-state index contributed by atoms with van der Waals surface area (Å²) in [6.45, 7) is 5.25. The van der Waals surface area contributed by atoms with Gasteiger partial charge in [0.2, 0.25) is 0 Å². The lowest BCUT2D eigenvalue weighted by atomic mass is 9.83. The van der Waals surface area contributed by atoms with Crippen molar-refractivity contribution in [2.75, 3.05) is 31.2 Å². The molecule has 27 heavy (non-hydrogen) atoms. The second-order valence-corrected chi connectivity index (χ2v) is 8.52. The Labute approximate surface area is 160 Å². The Morgan fingerprint density at radius 2 is 2.15 bits per heavy atom. The minimum atomic E-state index is -0.699. The Morgan fingerprint density at radius 1 is 1.33 bits per heavy atom. The number of carboxylic acids is 1. The van der Waals surface area contributed by atoms with Gasteiger partial charge < -0.3 is 19.5 Å². The van der Waals surface area contributed by atoms with E-state index in [1.807, 2.05) is 6.20 Å². The van der Waals surface area contributed by atoms with Crippen LogP contribution in [0.2, 0.25) is 0 Å². The van der Waals surface area contributed by atoms with Crippen molar-refractivity contribution in [2.45, 2.75) is 45.1 Å². The number of ether oxygens (including phenoxy) is 2. The Hall–Kier alpha value is -1.82. The molecule has 3 fully saturated rings. The third kappa shape index (κ3) is 4.54. The molecule has 1 N–H and O–H groups in total. The van der Waals surface area contributed by atoms with Gasteiger partial charge in [-0.25, -0.2) is 0 Å². The first kappa shape index (κ1) is 18.5. The van der Waals surface area contributed by atoms with E-state index in [4.69, 9.17) is 14.6 Å². The summed E-state index contributed by atoms with van der Waals surface area (Å²) >= 11 is 0. The molecule has 6 nitrogen and oxygen atoms in total. The van der Waals surface area contributed by atoms with Crippen molar-refractivity contribution in [1.29, 1.82) is 0 Å². The largest absolute Gasteiger partial charge is 0.492 e. The molecule has 0 radical (unpaired) electrons. The second kappa shape index (κ2) is 8.05. The molecule has 2 saturated carbocycles. The maximum atomic E-state index is 11.1. The number of morpholine rings is 1. The van der Waals surface area contributed by atoms with Gasteiger partial charge in [0.15, 0.2) is 0 Å². The molecule has 0 bridgehead atoms. The fraction of sp³-hybridized carbons (Fsp3) is 0.714. The van der Waals surface area contributed by atoms with E-state index < -0.39 is 5.97 Å². The van der Waals surface area contributed by atoms with E-state index in [-0.39, 0.29) is 17.9 Å². The van der Waals surface area contributed by atoms with Crippen molar-refractivity contribution in [1.82, 2.24) is 4.98 Å². The van der Waals surface area contributed by atoms with E-state index in [0.717, 1.165) is 43.5 Å². The minimum Gasteiger partial charge on any atom is -0.492 e. The Morgan fingerprint density at radius 3 is 2.89 bits per heavy atom. The number of aliphatic carboxylic acids is 1. The standard InChI is InChI=1S/C21H30N2O4/c1-14-2-4-15(5-3-14)13-27-17-8-16(10-22-11-17)23-6-7-26-20(12-23)18-9-19(18)21(24)25/h8,10-11,14-15,18-20H,2-7,9,12-13H2,1H3,(H,24,25). The Bertz CT molecular complexity index is 659. The molecule has 1 aromatic heterocycles.